The normalized spacial score (nSPS) is 11.5. The number of hydrogen-bond donors (Lipinski definition) is 0. The van der Waals surface area contributed by atoms with Crippen molar-refractivity contribution in [2.24, 2.45) is 0 Å². The summed E-state index contributed by atoms with van der Waals surface area (Å²) in [4.78, 5) is 0. The van der Waals surface area contributed by atoms with Gasteiger partial charge in [-0.2, -0.15) is 0 Å². The Morgan fingerprint density at radius 1 is 1.27 bits per heavy atom. The minimum atomic E-state index is -1.51. The average molecular weight is 174 g/mol. The first-order valence-corrected chi connectivity index (χ1v) is 7.26. The molecule has 0 aromatic rings. The van der Waals surface area contributed by atoms with Gasteiger partial charge in [-0.15, -0.1) is 0 Å². The Morgan fingerprint density at radius 3 is 2.00 bits per heavy atom. The van der Waals surface area contributed by atoms with Crippen molar-refractivity contribution in [2.75, 3.05) is 0 Å². The lowest BCUT2D eigenvalue weighted by Gasteiger charge is -2.22. The van der Waals surface area contributed by atoms with Crippen LogP contribution in [0.15, 0.2) is 12.5 Å². The molecule has 0 aromatic heterocycles. The Kier molecular flexibility index (Phi) is 3.65. The van der Waals surface area contributed by atoms with Crippen LogP contribution in [0.5, 0.6) is 0 Å². The molecular formula is C8H18O2Si. The maximum absolute atomic E-state index is 5.47. The van der Waals surface area contributed by atoms with E-state index in [-0.39, 0.29) is 6.10 Å². The van der Waals surface area contributed by atoms with E-state index in [1.165, 1.54) is 0 Å². The highest BCUT2D eigenvalue weighted by Gasteiger charge is 2.17. The predicted molar refractivity (Wildman–Crippen MR) is 49.8 cm³/mol. The van der Waals surface area contributed by atoms with Crippen LogP contribution in [-0.2, 0) is 9.16 Å². The van der Waals surface area contributed by atoms with Crippen LogP contribution in [-0.4, -0.2) is 14.4 Å². The van der Waals surface area contributed by atoms with Crippen LogP contribution in [0.4, 0.5) is 0 Å². The van der Waals surface area contributed by atoms with E-state index < -0.39 is 8.32 Å². The molecule has 0 fully saturated rings. The Bertz CT molecular complexity index is 136. The molecule has 0 spiro atoms. The van der Waals surface area contributed by atoms with Crippen LogP contribution in [0.3, 0.4) is 0 Å². The summed E-state index contributed by atoms with van der Waals surface area (Å²) < 4.78 is 10.7. The first-order chi connectivity index (χ1) is 4.81. The van der Waals surface area contributed by atoms with E-state index in [4.69, 9.17) is 9.16 Å². The monoisotopic (exact) mass is 174 g/mol. The van der Waals surface area contributed by atoms with Crippen molar-refractivity contribution in [3.63, 3.8) is 0 Å². The van der Waals surface area contributed by atoms with Crippen molar-refractivity contribution in [1.29, 1.82) is 0 Å². The molecule has 0 unspecified atom stereocenters. The highest BCUT2D eigenvalue weighted by Crippen LogP contribution is 2.10. The zero-order valence-corrected chi connectivity index (χ0v) is 9.10. The third-order valence-corrected chi connectivity index (χ3v) is 1.63. The third-order valence-electron chi connectivity index (χ3n) is 0.787. The zero-order valence-electron chi connectivity index (χ0n) is 8.10. The number of ether oxygens (including phenoxy) is 1. The highest BCUT2D eigenvalue weighted by atomic mass is 28.4. The van der Waals surface area contributed by atoms with Gasteiger partial charge in [-0.25, -0.2) is 0 Å². The second kappa shape index (κ2) is 3.81. The predicted octanol–water partition coefficient (Wildman–Crippen LogP) is 2.73. The third kappa shape index (κ3) is 7.45. The minimum absolute atomic E-state index is 0.152. The van der Waals surface area contributed by atoms with E-state index >= 15 is 0 Å². The topological polar surface area (TPSA) is 18.5 Å². The standard InChI is InChI=1S/C8H18O2Si/c1-7(2)9-8(3)10-11(4,5)6/h7H,3H2,1-2,4-6H3. The molecule has 0 aliphatic carbocycles. The van der Waals surface area contributed by atoms with Gasteiger partial charge in [0.25, 0.3) is 5.95 Å². The largest absolute Gasteiger partial charge is 0.520 e. The van der Waals surface area contributed by atoms with E-state index in [0.29, 0.717) is 5.95 Å². The second-order valence-corrected chi connectivity index (χ2v) is 8.18. The van der Waals surface area contributed by atoms with E-state index in [2.05, 4.69) is 26.2 Å². The van der Waals surface area contributed by atoms with Crippen molar-refractivity contribution in [2.45, 2.75) is 39.6 Å². The molecule has 3 heteroatoms. The number of rotatable bonds is 4. The van der Waals surface area contributed by atoms with Crippen LogP contribution in [0.25, 0.3) is 0 Å². The molecule has 0 aromatic carbocycles. The summed E-state index contributed by atoms with van der Waals surface area (Å²) in [6.45, 7) is 13.9. The van der Waals surface area contributed by atoms with Crippen LogP contribution in [0, 0.1) is 0 Å². The summed E-state index contributed by atoms with van der Waals surface area (Å²) >= 11 is 0. The summed E-state index contributed by atoms with van der Waals surface area (Å²) in [6.07, 6.45) is 0.152. The minimum Gasteiger partial charge on any atom is -0.520 e. The van der Waals surface area contributed by atoms with Gasteiger partial charge in [-0.05, 0) is 40.1 Å². The van der Waals surface area contributed by atoms with Crippen molar-refractivity contribution in [3.05, 3.63) is 12.5 Å². The van der Waals surface area contributed by atoms with Crippen LogP contribution in [0.2, 0.25) is 19.6 Å². The molecule has 0 aliphatic heterocycles. The van der Waals surface area contributed by atoms with Crippen molar-refractivity contribution in [3.8, 4) is 0 Å². The molecule has 0 saturated carbocycles. The Labute approximate surface area is 70.3 Å². The van der Waals surface area contributed by atoms with Gasteiger partial charge in [-0.3, -0.25) is 0 Å². The average Bonchev–Trinajstić information content (AvgIpc) is 1.53. The molecule has 0 bridgehead atoms. The Balaban J connectivity index is 3.71. The summed E-state index contributed by atoms with van der Waals surface area (Å²) in [7, 11) is -1.51. The SMILES string of the molecule is C=C(OC(C)C)O[Si](C)(C)C. The fourth-order valence-electron chi connectivity index (χ4n) is 0.628. The number of hydrogen-bond acceptors (Lipinski definition) is 2. The van der Waals surface area contributed by atoms with Crippen molar-refractivity contribution in [1.82, 2.24) is 0 Å². The van der Waals surface area contributed by atoms with Crippen LogP contribution < -0.4 is 0 Å². The summed E-state index contributed by atoms with van der Waals surface area (Å²) in [5.74, 6) is 0.458. The second-order valence-electron chi connectivity index (χ2n) is 3.75. The van der Waals surface area contributed by atoms with Gasteiger partial charge in [-0.1, -0.05) is 0 Å². The molecular weight excluding hydrogens is 156 g/mol. The smallest absolute Gasteiger partial charge is 0.257 e. The van der Waals surface area contributed by atoms with Crippen molar-refractivity contribution >= 4 is 8.32 Å². The fourth-order valence-corrected chi connectivity index (χ4v) is 1.36. The molecule has 66 valence electrons. The molecule has 0 N–H and O–H groups in total. The van der Waals surface area contributed by atoms with Gasteiger partial charge >= 0.3 is 0 Å². The summed E-state index contributed by atoms with van der Waals surface area (Å²) in [5, 5.41) is 0. The molecule has 0 saturated heterocycles. The molecule has 2 nitrogen and oxygen atoms in total. The molecule has 0 atom stereocenters. The highest BCUT2D eigenvalue weighted by molar-refractivity contribution is 6.69. The maximum Gasteiger partial charge on any atom is 0.257 e. The molecule has 0 aliphatic rings. The lowest BCUT2D eigenvalue weighted by molar-refractivity contribution is 0.0619. The quantitative estimate of drug-likeness (QED) is 0.482. The van der Waals surface area contributed by atoms with Gasteiger partial charge < -0.3 is 9.16 Å². The van der Waals surface area contributed by atoms with Gasteiger partial charge in [0.15, 0.2) is 0 Å². The first kappa shape index (κ1) is 10.6. The van der Waals surface area contributed by atoms with Gasteiger partial charge in [0.1, 0.15) is 0 Å². The fraction of sp³-hybridized carbons (Fsp3) is 0.750. The lowest BCUT2D eigenvalue weighted by atomic mass is 10.5. The van der Waals surface area contributed by atoms with Crippen LogP contribution >= 0.6 is 0 Å². The lowest BCUT2D eigenvalue weighted by Crippen LogP contribution is -2.26. The molecule has 0 rings (SSSR count). The summed E-state index contributed by atoms with van der Waals surface area (Å²) in [6, 6.07) is 0. The Hall–Kier alpha value is -0.443. The van der Waals surface area contributed by atoms with E-state index in [1.54, 1.807) is 0 Å². The van der Waals surface area contributed by atoms with Crippen molar-refractivity contribution < 1.29 is 9.16 Å². The zero-order chi connectivity index (χ0) is 9.07. The Morgan fingerprint density at radius 2 is 1.73 bits per heavy atom. The van der Waals surface area contributed by atoms with Gasteiger partial charge in [0.2, 0.25) is 8.32 Å². The summed E-state index contributed by atoms with van der Waals surface area (Å²) in [5.41, 5.74) is 0. The maximum atomic E-state index is 5.47. The van der Waals surface area contributed by atoms with Gasteiger partial charge in [0, 0.05) is 0 Å². The van der Waals surface area contributed by atoms with E-state index in [1.807, 2.05) is 13.8 Å². The molecule has 0 amide bonds. The van der Waals surface area contributed by atoms with E-state index in [0.717, 1.165) is 0 Å². The first-order valence-electron chi connectivity index (χ1n) is 3.86. The van der Waals surface area contributed by atoms with E-state index in [9.17, 15) is 0 Å². The molecule has 0 heterocycles. The van der Waals surface area contributed by atoms with Crippen LogP contribution in [0.1, 0.15) is 13.8 Å². The van der Waals surface area contributed by atoms with Gasteiger partial charge in [0.05, 0.1) is 6.10 Å². The molecule has 11 heavy (non-hydrogen) atoms. The molecule has 0 radical (unpaired) electrons.